The SMILES string of the molecule is COC(=O)c1cc(C)cnc1NCCC(NC1CCCCC1)C(C)O. The Labute approximate surface area is 150 Å². The number of ether oxygens (including phenoxy) is 1. The molecule has 1 aliphatic rings. The van der Waals surface area contributed by atoms with Crippen molar-refractivity contribution in [1.29, 1.82) is 0 Å². The maximum atomic E-state index is 11.9. The molecule has 2 rings (SSSR count). The molecule has 1 aliphatic carbocycles. The number of nitrogens with one attached hydrogen (secondary N) is 2. The minimum atomic E-state index is -0.421. The number of anilines is 1. The van der Waals surface area contributed by atoms with Gasteiger partial charge >= 0.3 is 5.97 Å². The lowest BCUT2D eigenvalue weighted by Gasteiger charge is -2.30. The van der Waals surface area contributed by atoms with Gasteiger partial charge < -0.3 is 20.5 Å². The summed E-state index contributed by atoms with van der Waals surface area (Å²) < 4.78 is 4.83. The fourth-order valence-corrected chi connectivity index (χ4v) is 3.36. The molecule has 0 aromatic carbocycles. The van der Waals surface area contributed by atoms with Gasteiger partial charge in [-0.25, -0.2) is 9.78 Å². The molecule has 0 radical (unpaired) electrons. The number of carbonyl (C=O) groups excluding carboxylic acids is 1. The molecule has 0 bridgehead atoms. The highest BCUT2D eigenvalue weighted by atomic mass is 16.5. The number of aromatic nitrogens is 1. The Hall–Kier alpha value is -1.66. The molecule has 1 aromatic rings. The number of pyridine rings is 1. The first-order valence-corrected chi connectivity index (χ1v) is 9.24. The minimum absolute atomic E-state index is 0.0302. The first kappa shape index (κ1) is 19.7. The van der Waals surface area contributed by atoms with E-state index in [0.717, 1.165) is 12.0 Å². The molecule has 1 heterocycles. The fourth-order valence-electron chi connectivity index (χ4n) is 3.36. The van der Waals surface area contributed by atoms with E-state index in [1.165, 1.54) is 39.2 Å². The third-order valence-electron chi connectivity index (χ3n) is 4.81. The second kappa shape index (κ2) is 9.73. The summed E-state index contributed by atoms with van der Waals surface area (Å²) in [7, 11) is 1.37. The molecule has 0 spiro atoms. The Bertz CT molecular complexity index is 557. The maximum Gasteiger partial charge on any atom is 0.341 e. The van der Waals surface area contributed by atoms with Gasteiger partial charge in [0, 0.05) is 24.8 Å². The first-order chi connectivity index (χ1) is 12.0. The maximum absolute atomic E-state index is 11.9. The molecule has 2 atom stereocenters. The van der Waals surface area contributed by atoms with E-state index in [4.69, 9.17) is 4.74 Å². The van der Waals surface area contributed by atoms with E-state index in [1.54, 1.807) is 12.3 Å². The average Bonchev–Trinajstić information content (AvgIpc) is 2.62. The smallest absolute Gasteiger partial charge is 0.341 e. The van der Waals surface area contributed by atoms with Crippen molar-refractivity contribution in [3.8, 4) is 0 Å². The Morgan fingerprint density at radius 2 is 2.12 bits per heavy atom. The standard InChI is InChI=1S/C19H31N3O3/c1-13-11-16(19(24)25-3)18(21-12-13)20-10-9-17(14(2)23)22-15-7-5-4-6-8-15/h11-12,14-15,17,22-23H,4-10H2,1-3H3,(H,20,21). The number of aliphatic hydroxyl groups excluding tert-OH is 1. The van der Waals surface area contributed by atoms with E-state index < -0.39 is 12.1 Å². The van der Waals surface area contributed by atoms with E-state index in [0.29, 0.717) is 24.0 Å². The van der Waals surface area contributed by atoms with Crippen LogP contribution in [0.25, 0.3) is 0 Å². The molecular weight excluding hydrogens is 318 g/mol. The monoisotopic (exact) mass is 349 g/mol. The normalized spacial score (nSPS) is 17.8. The lowest BCUT2D eigenvalue weighted by molar-refractivity contribution is 0.0601. The number of aliphatic hydroxyl groups is 1. The van der Waals surface area contributed by atoms with Crippen molar-refractivity contribution < 1.29 is 14.6 Å². The molecule has 0 aliphatic heterocycles. The molecule has 3 N–H and O–H groups in total. The average molecular weight is 349 g/mol. The van der Waals surface area contributed by atoms with E-state index in [-0.39, 0.29) is 6.04 Å². The number of methoxy groups -OCH3 is 1. The van der Waals surface area contributed by atoms with Crippen LogP contribution in [-0.2, 0) is 4.74 Å². The van der Waals surface area contributed by atoms with Crippen molar-refractivity contribution in [2.75, 3.05) is 19.0 Å². The van der Waals surface area contributed by atoms with Crippen LogP contribution < -0.4 is 10.6 Å². The second-order valence-electron chi connectivity index (χ2n) is 6.96. The van der Waals surface area contributed by atoms with Gasteiger partial charge in [-0.15, -0.1) is 0 Å². The van der Waals surface area contributed by atoms with Gasteiger partial charge in [0.2, 0.25) is 0 Å². The number of hydrogen-bond acceptors (Lipinski definition) is 6. The van der Waals surface area contributed by atoms with Crippen molar-refractivity contribution in [1.82, 2.24) is 10.3 Å². The van der Waals surface area contributed by atoms with Gasteiger partial charge in [-0.2, -0.15) is 0 Å². The van der Waals surface area contributed by atoms with Gasteiger partial charge in [0.15, 0.2) is 0 Å². The van der Waals surface area contributed by atoms with Gasteiger partial charge in [-0.3, -0.25) is 0 Å². The molecule has 140 valence electrons. The largest absolute Gasteiger partial charge is 0.465 e. The number of hydrogen-bond donors (Lipinski definition) is 3. The summed E-state index contributed by atoms with van der Waals surface area (Å²) in [5.41, 5.74) is 1.35. The van der Waals surface area contributed by atoms with Crippen LogP contribution in [0.5, 0.6) is 0 Å². The molecule has 1 fully saturated rings. The molecule has 6 nitrogen and oxygen atoms in total. The number of rotatable bonds is 8. The van der Waals surface area contributed by atoms with Gasteiger partial charge in [0.1, 0.15) is 11.4 Å². The minimum Gasteiger partial charge on any atom is -0.465 e. The molecule has 0 saturated heterocycles. The van der Waals surface area contributed by atoms with Crippen molar-refractivity contribution in [2.24, 2.45) is 0 Å². The van der Waals surface area contributed by atoms with E-state index in [9.17, 15) is 9.90 Å². The summed E-state index contributed by atoms with van der Waals surface area (Å²) >= 11 is 0. The summed E-state index contributed by atoms with van der Waals surface area (Å²) in [5, 5.41) is 16.9. The Kier molecular flexibility index (Phi) is 7.65. The third kappa shape index (κ3) is 5.97. The summed E-state index contributed by atoms with van der Waals surface area (Å²) in [4.78, 5) is 16.2. The molecule has 2 unspecified atom stereocenters. The number of nitrogens with zero attached hydrogens (tertiary/aromatic N) is 1. The van der Waals surface area contributed by atoms with Crippen molar-refractivity contribution in [2.45, 2.75) is 70.6 Å². The van der Waals surface area contributed by atoms with Crippen LogP contribution in [0.4, 0.5) is 5.82 Å². The predicted molar refractivity (Wildman–Crippen MR) is 98.9 cm³/mol. The predicted octanol–water partition coefficient (Wildman–Crippen LogP) is 2.65. The Morgan fingerprint density at radius 1 is 1.40 bits per heavy atom. The molecule has 1 saturated carbocycles. The summed E-state index contributed by atoms with van der Waals surface area (Å²) in [6.45, 7) is 4.33. The highest BCUT2D eigenvalue weighted by Crippen LogP contribution is 2.19. The van der Waals surface area contributed by atoms with Crippen LogP contribution in [0.15, 0.2) is 12.3 Å². The van der Waals surface area contributed by atoms with Crippen molar-refractivity contribution >= 4 is 11.8 Å². The zero-order valence-corrected chi connectivity index (χ0v) is 15.5. The number of esters is 1. The van der Waals surface area contributed by atoms with Crippen LogP contribution >= 0.6 is 0 Å². The van der Waals surface area contributed by atoms with Crippen molar-refractivity contribution in [3.63, 3.8) is 0 Å². The van der Waals surface area contributed by atoms with Crippen LogP contribution in [0.1, 0.15) is 61.4 Å². The van der Waals surface area contributed by atoms with E-state index >= 15 is 0 Å². The van der Waals surface area contributed by atoms with Gasteiger partial charge in [0.05, 0.1) is 13.2 Å². The van der Waals surface area contributed by atoms with Crippen LogP contribution in [0.2, 0.25) is 0 Å². The number of aryl methyl sites for hydroxylation is 1. The molecule has 25 heavy (non-hydrogen) atoms. The summed E-state index contributed by atoms with van der Waals surface area (Å²) in [5.74, 6) is 0.130. The zero-order valence-electron chi connectivity index (χ0n) is 15.5. The van der Waals surface area contributed by atoms with Crippen molar-refractivity contribution in [3.05, 3.63) is 23.4 Å². The van der Waals surface area contributed by atoms with E-state index in [1.807, 2.05) is 13.8 Å². The summed E-state index contributed by atoms with van der Waals surface area (Å²) in [6, 6.07) is 2.30. The van der Waals surface area contributed by atoms with E-state index in [2.05, 4.69) is 15.6 Å². The van der Waals surface area contributed by atoms with Gasteiger partial charge in [-0.05, 0) is 44.7 Å². The highest BCUT2D eigenvalue weighted by molar-refractivity contribution is 5.94. The lowest BCUT2D eigenvalue weighted by Crippen LogP contribution is -2.46. The molecule has 0 amide bonds. The first-order valence-electron chi connectivity index (χ1n) is 9.24. The lowest BCUT2D eigenvalue weighted by atomic mass is 9.94. The van der Waals surface area contributed by atoms with Crippen LogP contribution in [0.3, 0.4) is 0 Å². The topological polar surface area (TPSA) is 83.5 Å². The van der Waals surface area contributed by atoms with Gasteiger partial charge in [-0.1, -0.05) is 19.3 Å². The second-order valence-corrected chi connectivity index (χ2v) is 6.96. The van der Waals surface area contributed by atoms with Gasteiger partial charge in [0.25, 0.3) is 0 Å². The van der Waals surface area contributed by atoms with Crippen LogP contribution in [-0.4, -0.2) is 47.9 Å². The Balaban J connectivity index is 1.92. The quantitative estimate of drug-likeness (QED) is 0.626. The molecular formula is C19H31N3O3. The molecule has 6 heteroatoms. The zero-order chi connectivity index (χ0) is 18.2. The third-order valence-corrected chi connectivity index (χ3v) is 4.81. The Morgan fingerprint density at radius 3 is 2.76 bits per heavy atom. The highest BCUT2D eigenvalue weighted by Gasteiger charge is 2.21. The van der Waals surface area contributed by atoms with Crippen LogP contribution in [0, 0.1) is 6.92 Å². The fraction of sp³-hybridized carbons (Fsp3) is 0.684. The summed E-state index contributed by atoms with van der Waals surface area (Å²) in [6.07, 6.45) is 8.26. The molecule has 1 aromatic heterocycles. The number of carbonyl (C=O) groups is 1.